The highest BCUT2D eigenvalue weighted by Crippen LogP contribution is 2.32. The van der Waals surface area contributed by atoms with E-state index in [0.717, 1.165) is 53.3 Å². The third-order valence-electron chi connectivity index (χ3n) is 5.90. The summed E-state index contributed by atoms with van der Waals surface area (Å²) in [6.07, 6.45) is 2.96. The summed E-state index contributed by atoms with van der Waals surface area (Å²) in [6, 6.07) is 16.0. The molecule has 0 amide bonds. The third-order valence-corrected chi connectivity index (χ3v) is 5.90. The molecule has 0 bridgehead atoms. The van der Waals surface area contributed by atoms with Crippen molar-refractivity contribution >= 4 is 5.97 Å². The monoisotopic (exact) mass is 420 g/mol. The summed E-state index contributed by atoms with van der Waals surface area (Å²) in [5, 5.41) is 0. The van der Waals surface area contributed by atoms with Crippen LogP contribution >= 0.6 is 0 Å². The third kappa shape index (κ3) is 4.64. The van der Waals surface area contributed by atoms with Crippen LogP contribution in [0.1, 0.15) is 47.1 Å². The minimum atomic E-state index is -0.354. The van der Waals surface area contributed by atoms with E-state index in [2.05, 4.69) is 28.9 Å². The Labute approximate surface area is 182 Å². The van der Waals surface area contributed by atoms with Crippen LogP contribution in [0, 0.1) is 13.8 Å². The second kappa shape index (κ2) is 9.35. The molecule has 0 N–H and O–H groups in total. The van der Waals surface area contributed by atoms with E-state index < -0.39 is 0 Å². The van der Waals surface area contributed by atoms with Crippen molar-refractivity contribution in [3.05, 3.63) is 83.1 Å². The van der Waals surface area contributed by atoms with E-state index in [1.54, 1.807) is 0 Å². The topological polar surface area (TPSA) is 64.8 Å². The highest BCUT2D eigenvalue weighted by molar-refractivity contribution is 5.76. The normalized spacial score (nSPS) is 17.5. The maximum Gasteiger partial charge on any atom is 0.323 e. The number of aromatic nitrogens is 1. The Hall–Kier alpha value is -3.12. The van der Waals surface area contributed by atoms with Gasteiger partial charge in [0.2, 0.25) is 0 Å². The quantitative estimate of drug-likeness (QED) is 0.521. The van der Waals surface area contributed by atoms with Gasteiger partial charge >= 0.3 is 5.97 Å². The van der Waals surface area contributed by atoms with Crippen LogP contribution < -0.4 is 4.74 Å². The summed E-state index contributed by atoms with van der Waals surface area (Å²) in [6.45, 7) is 5.58. The molecule has 6 heteroatoms. The number of methoxy groups -OCH3 is 1. The lowest BCUT2D eigenvalue weighted by atomic mass is 10.0. The lowest BCUT2D eigenvalue weighted by Gasteiger charge is -2.23. The van der Waals surface area contributed by atoms with E-state index in [9.17, 15) is 4.79 Å². The molecule has 0 spiro atoms. The van der Waals surface area contributed by atoms with Crippen molar-refractivity contribution in [2.75, 3.05) is 13.7 Å². The van der Waals surface area contributed by atoms with Crippen LogP contribution in [0.25, 0.3) is 0 Å². The molecule has 1 aliphatic rings. The second-order valence-electron chi connectivity index (χ2n) is 7.94. The lowest BCUT2D eigenvalue weighted by molar-refractivity contribution is -0.146. The Bertz CT molecular complexity index is 1030. The molecule has 1 unspecified atom stereocenters. The van der Waals surface area contributed by atoms with Crippen LogP contribution in [0.2, 0.25) is 0 Å². The Morgan fingerprint density at radius 1 is 1.19 bits per heavy atom. The summed E-state index contributed by atoms with van der Waals surface area (Å²) in [4.78, 5) is 18.6. The molecule has 1 saturated heterocycles. The van der Waals surface area contributed by atoms with Crippen molar-refractivity contribution in [1.29, 1.82) is 0 Å². The fraction of sp³-hybridized carbons (Fsp3) is 0.360. The lowest BCUT2D eigenvalue weighted by Crippen LogP contribution is -2.36. The molecule has 6 nitrogen and oxygen atoms in total. The Kier molecular flexibility index (Phi) is 6.37. The number of esters is 1. The van der Waals surface area contributed by atoms with Gasteiger partial charge in [0.1, 0.15) is 23.2 Å². The van der Waals surface area contributed by atoms with Crippen molar-refractivity contribution in [2.45, 2.75) is 45.4 Å². The second-order valence-corrected chi connectivity index (χ2v) is 7.94. The van der Waals surface area contributed by atoms with Crippen LogP contribution in [0.15, 0.2) is 59.3 Å². The van der Waals surface area contributed by atoms with Gasteiger partial charge in [-0.05, 0) is 56.5 Å². The van der Waals surface area contributed by atoms with Crippen molar-refractivity contribution < 1.29 is 18.7 Å². The smallest absolute Gasteiger partial charge is 0.323 e. The van der Waals surface area contributed by atoms with Gasteiger partial charge in [0.25, 0.3) is 0 Å². The average molecular weight is 421 g/mol. The molecular formula is C25H28N2O4. The van der Waals surface area contributed by atoms with Crippen molar-refractivity contribution in [2.24, 2.45) is 0 Å². The van der Waals surface area contributed by atoms with Gasteiger partial charge in [-0.3, -0.25) is 9.69 Å². The molecule has 1 fully saturated rings. The fourth-order valence-corrected chi connectivity index (χ4v) is 4.18. The Morgan fingerprint density at radius 3 is 2.65 bits per heavy atom. The predicted molar refractivity (Wildman–Crippen MR) is 117 cm³/mol. The number of oxazole rings is 1. The average Bonchev–Trinajstić information content (AvgIpc) is 3.42. The van der Waals surface area contributed by atoms with Crippen LogP contribution in [0.3, 0.4) is 0 Å². The SMILES string of the molecule is COC(=O)C1CCCN1Cc1ccc(O[C@@H](c2ccccc2C)c2ncoc2C)cc1. The molecule has 0 saturated carbocycles. The molecule has 162 valence electrons. The molecule has 1 aliphatic heterocycles. The van der Waals surface area contributed by atoms with Crippen molar-refractivity contribution in [3.63, 3.8) is 0 Å². The molecule has 0 radical (unpaired) electrons. The number of aryl methyl sites for hydroxylation is 2. The molecule has 2 aromatic carbocycles. The summed E-state index contributed by atoms with van der Waals surface area (Å²) in [7, 11) is 1.45. The number of nitrogens with zero attached hydrogens (tertiary/aromatic N) is 2. The van der Waals surface area contributed by atoms with Gasteiger partial charge in [-0.15, -0.1) is 0 Å². The minimum Gasteiger partial charge on any atom is -0.479 e. The number of hydrogen-bond donors (Lipinski definition) is 0. The van der Waals surface area contributed by atoms with Crippen molar-refractivity contribution in [3.8, 4) is 5.75 Å². The minimum absolute atomic E-state index is 0.151. The van der Waals surface area contributed by atoms with Crippen molar-refractivity contribution in [1.82, 2.24) is 9.88 Å². The highest BCUT2D eigenvalue weighted by Gasteiger charge is 2.31. The first-order chi connectivity index (χ1) is 15.1. The van der Waals surface area contributed by atoms with Gasteiger partial charge < -0.3 is 13.9 Å². The summed E-state index contributed by atoms with van der Waals surface area (Å²) in [5.41, 5.74) is 4.10. The number of hydrogen-bond acceptors (Lipinski definition) is 6. The summed E-state index contributed by atoms with van der Waals surface area (Å²) in [5.74, 6) is 1.35. The standard InChI is InChI=1S/C25H28N2O4/c1-17-7-4-5-8-21(17)24(23-18(2)30-16-26-23)31-20-12-10-19(11-13-20)15-27-14-6-9-22(27)25(28)29-3/h4-5,7-8,10-13,16,22,24H,6,9,14-15H2,1-3H3/t22?,24-/m0/s1. The molecule has 1 aromatic heterocycles. The van der Waals surface area contributed by atoms with E-state index in [0.29, 0.717) is 6.54 Å². The van der Waals surface area contributed by atoms with Crippen LogP contribution in [0.4, 0.5) is 0 Å². The van der Waals surface area contributed by atoms with Crippen LogP contribution in [-0.4, -0.2) is 35.5 Å². The molecular weight excluding hydrogens is 392 g/mol. The van der Waals surface area contributed by atoms with Gasteiger partial charge in [-0.25, -0.2) is 4.98 Å². The fourth-order valence-electron chi connectivity index (χ4n) is 4.18. The number of likely N-dealkylation sites (tertiary alicyclic amines) is 1. The van der Waals surface area contributed by atoms with Gasteiger partial charge in [-0.2, -0.15) is 0 Å². The van der Waals surface area contributed by atoms with E-state index in [4.69, 9.17) is 13.9 Å². The molecule has 31 heavy (non-hydrogen) atoms. The highest BCUT2D eigenvalue weighted by atomic mass is 16.5. The number of rotatable bonds is 7. The van der Waals surface area contributed by atoms with Gasteiger partial charge in [0.15, 0.2) is 12.5 Å². The first-order valence-electron chi connectivity index (χ1n) is 10.6. The van der Waals surface area contributed by atoms with E-state index in [1.807, 2.05) is 43.3 Å². The summed E-state index contributed by atoms with van der Waals surface area (Å²) < 4.78 is 16.8. The Balaban J connectivity index is 1.52. The number of carbonyl (C=O) groups is 1. The van der Waals surface area contributed by atoms with E-state index >= 15 is 0 Å². The Morgan fingerprint density at radius 2 is 1.97 bits per heavy atom. The number of carbonyl (C=O) groups excluding carboxylic acids is 1. The van der Waals surface area contributed by atoms with Gasteiger partial charge in [0, 0.05) is 12.1 Å². The van der Waals surface area contributed by atoms with E-state index in [-0.39, 0.29) is 18.1 Å². The molecule has 0 aliphatic carbocycles. The predicted octanol–water partition coefficient (Wildman–Crippen LogP) is 4.60. The zero-order valence-corrected chi connectivity index (χ0v) is 18.2. The maximum atomic E-state index is 12.0. The zero-order valence-electron chi connectivity index (χ0n) is 18.2. The van der Waals surface area contributed by atoms with Crippen LogP contribution in [-0.2, 0) is 16.1 Å². The number of benzene rings is 2. The molecule has 2 heterocycles. The molecule has 3 aromatic rings. The largest absolute Gasteiger partial charge is 0.479 e. The van der Waals surface area contributed by atoms with Gasteiger partial charge in [-0.1, -0.05) is 36.4 Å². The number of ether oxygens (including phenoxy) is 2. The molecule has 4 rings (SSSR count). The summed E-state index contributed by atoms with van der Waals surface area (Å²) >= 11 is 0. The first kappa shape index (κ1) is 21.1. The van der Waals surface area contributed by atoms with Crippen LogP contribution in [0.5, 0.6) is 5.75 Å². The van der Waals surface area contributed by atoms with E-state index in [1.165, 1.54) is 13.5 Å². The molecule has 2 atom stereocenters. The zero-order chi connectivity index (χ0) is 21.8. The van der Waals surface area contributed by atoms with Gasteiger partial charge in [0.05, 0.1) is 7.11 Å². The maximum absolute atomic E-state index is 12.0. The first-order valence-corrected chi connectivity index (χ1v) is 10.6.